The van der Waals surface area contributed by atoms with Crippen LogP contribution in [-0.4, -0.2) is 16.6 Å². The van der Waals surface area contributed by atoms with E-state index in [2.05, 4.69) is 29.4 Å². The molecule has 2 aliphatic rings. The first kappa shape index (κ1) is 19.9. The van der Waals surface area contributed by atoms with Crippen molar-refractivity contribution in [2.75, 3.05) is 11.1 Å². The number of carbonyl (C=O) groups is 1. The van der Waals surface area contributed by atoms with Gasteiger partial charge in [-0.3, -0.25) is 4.79 Å². The largest absolute Gasteiger partial charge is 0.316 e. The smallest absolute Gasteiger partial charge is 0.235 e. The zero-order valence-electron chi connectivity index (χ0n) is 16.4. The number of hydrogen-bond acceptors (Lipinski definition) is 6. The number of fused-ring (bicyclic) bond motifs is 2. The van der Waals surface area contributed by atoms with Crippen molar-refractivity contribution in [3.8, 4) is 12.1 Å². The molecule has 2 aromatic heterocycles. The molecule has 5 nitrogen and oxygen atoms in total. The molecule has 0 unspecified atom stereocenters. The van der Waals surface area contributed by atoms with Crippen LogP contribution in [0.4, 0.5) is 5.00 Å². The minimum Gasteiger partial charge on any atom is -0.316 e. The van der Waals surface area contributed by atoms with Crippen LogP contribution in [-0.2, 0) is 30.5 Å². The molecular weight excluding hydrogens is 400 g/mol. The van der Waals surface area contributed by atoms with Crippen molar-refractivity contribution < 1.29 is 4.79 Å². The molecule has 7 heteroatoms. The third kappa shape index (κ3) is 4.17. The van der Waals surface area contributed by atoms with Gasteiger partial charge in [0.25, 0.3) is 0 Å². The molecule has 0 spiro atoms. The summed E-state index contributed by atoms with van der Waals surface area (Å²) in [6.07, 6.45) is 7.14. The summed E-state index contributed by atoms with van der Waals surface area (Å²) in [5.74, 6) is 0.623. The van der Waals surface area contributed by atoms with E-state index in [0.29, 0.717) is 27.1 Å². The summed E-state index contributed by atoms with van der Waals surface area (Å²) in [6, 6.07) is 6.44. The lowest BCUT2D eigenvalue weighted by Crippen LogP contribution is -2.15. The molecule has 2 aliphatic carbocycles. The third-order valence-corrected chi connectivity index (χ3v) is 7.76. The molecule has 1 amide bonds. The number of anilines is 1. The van der Waals surface area contributed by atoms with Gasteiger partial charge in [0.2, 0.25) is 5.91 Å². The topological polar surface area (TPSA) is 89.6 Å². The number of nitrogens with one attached hydrogen (secondary N) is 1. The Morgan fingerprint density at radius 1 is 1.31 bits per heavy atom. The Hall–Kier alpha value is -2.35. The van der Waals surface area contributed by atoms with Crippen LogP contribution in [0, 0.1) is 28.6 Å². The molecule has 0 aromatic carbocycles. The lowest BCUT2D eigenvalue weighted by Gasteiger charge is -2.17. The fourth-order valence-corrected chi connectivity index (χ4v) is 6.21. The number of rotatable bonds is 4. The van der Waals surface area contributed by atoms with E-state index in [9.17, 15) is 15.3 Å². The van der Waals surface area contributed by atoms with Crippen molar-refractivity contribution in [2.45, 2.75) is 56.9 Å². The Labute approximate surface area is 179 Å². The molecular formula is C22H22N4OS2. The summed E-state index contributed by atoms with van der Waals surface area (Å²) in [5.41, 5.74) is 4.51. The Morgan fingerprint density at radius 3 is 2.93 bits per heavy atom. The molecule has 2 heterocycles. The molecule has 2 aromatic rings. The quantitative estimate of drug-likeness (QED) is 0.726. The summed E-state index contributed by atoms with van der Waals surface area (Å²) in [4.78, 5) is 18.5. The summed E-state index contributed by atoms with van der Waals surface area (Å²) >= 11 is 2.83. The predicted octanol–water partition coefficient (Wildman–Crippen LogP) is 4.62. The molecule has 4 rings (SSSR count). The highest BCUT2D eigenvalue weighted by atomic mass is 32.2. The van der Waals surface area contributed by atoms with E-state index in [4.69, 9.17) is 0 Å². The van der Waals surface area contributed by atoms with Crippen LogP contribution in [0.5, 0.6) is 0 Å². The van der Waals surface area contributed by atoms with Crippen LogP contribution >= 0.6 is 23.1 Å². The number of pyridine rings is 1. The van der Waals surface area contributed by atoms with Gasteiger partial charge in [-0.15, -0.1) is 11.3 Å². The van der Waals surface area contributed by atoms with Gasteiger partial charge in [0.05, 0.1) is 16.9 Å². The zero-order chi connectivity index (χ0) is 20.4. The molecule has 148 valence electrons. The lowest BCUT2D eigenvalue weighted by atomic mass is 9.89. The third-order valence-electron chi connectivity index (χ3n) is 5.60. The molecule has 1 N–H and O–H groups in total. The van der Waals surface area contributed by atoms with Crippen LogP contribution in [0.3, 0.4) is 0 Å². The molecule has 0 saturated carbocycles. The minimum absolute atomic E-state index is 0.165. The van der Waals surface area contributed by atoms with Gasteiger partial charge in [-0.2, -0.15) is 10.5 Å². The fraction of sp³-hybridized carbons (Fsp3) is 0.455. The molecule has 1 atom stereocenters. The molecule has 0 bridgehead atoms. The maximum absolute atomic E-state index is 12.6. The number of thiophene rings is 1. The van der Waals surface area contributed by atoms with Crippen LogP contribution in [0.2, 0.25) is 0 Å². The number of nitrogens with zero attached hydrogens (tertiary/aromatic N) is 3. The summed E-state index contributed by atoms with van der Waals surface area (Å²) in [5, 5.41) is 23.3. The van der Waals surface area contributed by atoms with E-state index in [1.54, 1.807) is 0 Å². The number of aromatic nitrogens is 1. The van der Waals surface area contributed by atoms with Crippen LogP contribution < -0.4 is 5.32 Å². The predicted molar refractivity (Wildman–Crippen MR) is 115 cm³/mol. The SMILES string of the molecule is C[C@@H]1CCc2c(sc(NC(=O)CSc3nc4c(cc3C#N)CCCC4)c2C#N)C1. The van der Waals surface area contributed by atoms with Crippen molar-refractivity contribution in [3.63, 3.8) is 0 Å². The summed E-state index contributed by atoms with van der Waals surface area (Å²) < 4.78 is 0. The molecule has 0 radical (unpaired) electrons. The van der Waals surface area contributed by atoms with Crippen molar-refractivity contribution in [1.29, 1.82) is 10.5 Å². The Balaban J connectivity index is 1.46. The average molecular weight is 423 g/mol. The van der Waals surface area contributed by atoms with Crippen LogP contribution in [0.1, 0.15) is 59.0 Å². The van der Waals surface area contributed by atoms with Crippen molar-refractivity contribution in [1.82, 2.24) is 4.98 Å². The number of thioether (sulfide) groups is 1. The number of nitriles is 2. The maximum Gasteiger partial charge on any atom is 0.235 e. The fourth-order valence-electron chi connectivity index (χ4n) is 4.06. The zero-order valence-corrected chi connectivity index (χ0v) is 18.0. The van der Waals surface area contributed by atoms with Crippen molar-refractivity contribution >= 4 is 34.0 Å². The standard InChI is InChI=1S/C22H22N4OS2/c1-13-6-7-16-17(11-24)22(29-19(16)8-13)26-20(27)12-28-21-15(10-23)9-14-4-2-3-5-18(14)25-21/h9,13H,2-8,12H2,1H3,(H,26,27)/t13-/m1/s1. The van der Waals surface area contributed by atoms with Crippen LogP contribution in [0.15, 0.2) is 11.1 Å². The van der Waals surface area contributed by atoms with Gasteiger partial charge in [-0.25, -0.2) is 4.98 Å². The van der Waals surface area contributed by atoms with Gasteiger partial charge < -0.3 is 5.32 Å². The molecule has 0 saturated heterocycles. The molecule has 0 aliphatic heterocycles. The number of amides is 1. The second kappa shape index (κ2) is 8.57. The van der Waals surface area contributed by atoms with Gasteiger partial charge in [0, 0.05) is 10.6 Å². The van der Waals surface area contributed by atoms with Crippen molar-refractivity contribution in [3.05, 3.63) is 38.9 Å². The minimum atomic E-state index is -0.165. The second-order valence-electron chi connectivity index (χ2n) is 7.77. The van der Waals surface area contributed by atoms with E-state index in [-0.39, 0.29) is 11.7 Å². The monoisotopic (exact) mass is 422 g/mol. The molecule has 0 fully saturated rings. The van der Waals surface area contributed by atoms with Crippen LogP contribution in [0.25, 0.3) is 0 Å². The normalized spacial score (nSPS) is 17.6. The number of carbonyl (C=O) groups excluding carboxylic acids is 1. The first-order valence-corrected chi connectivity index (χ1v) is 11.8. The van der Waals surface area contributed by atoms with E-state index in [0.717, 1.165) is 56.2 Å². The first-order chi connectivity index (χ1) is 14.1. The first-order valence-electron chi connectivity index (χ1n) is 9.99. The Bertz CT molecular complexity index is 1040. The van der Waals surface area contributed by atoms with Gasteiger partial charge in [-0.1, -0.05) is 18.7 Å². The van der Waals surface area contributed by atoms with E-state index in [1.165, 1.54) is 33.5 Å². The number of aryl methyl sites for hydroxylation is 2. The summed E-state index contributed by atoms with van der Waals surface area (Å²) in [6.45, 7) is 2.22. The average Bonchev–Trinajstić information content (AvgIpc) is 3.07. The van der Waals surface area contributed by atoms with Gasteiger partial charge in [0.15, 0.2) is 0 Å². The molecule has 29 heavy (non-hydrogen) atoms. The second-order valence-corrected chi connectivity index (χ2v) is 9.84. The Morgan fingerprint density at radius 2 is 2.14 bits per heavy atom. The summed E-state index contributed by atoms with van der Waals surface area (Å²) in [7, 11) is 0. The highest BCUT2D eigenvalue weighted by molar-refractivity contribution is 8.00. The number of hydrogen-bond donors (Lipinski definition) is 1. The van der Waals surface area contributed by atoms with E-state index >= 15 is 0 Å². The highest BCUT2D eigenvalue weighted by Crippen LogP contribution is 2.39. The highest BCUT2D eigenvalue weighted by Gasteiger charge is 2.25. The van der Waals surface area contributed by atoms with Gasteiger partial charge in [0.1, 0.15) is 22.2 Å². The van der Waals surface area contributed by atoms with Crippen molar-refractivity contribution in [2.24, 2.45) is 5.92 Å². The Kier molecular flexibility index (Phi) is 5.89. The van der Waals surface area contributed by atoms with Gasteiger partial charge in [-0.05, 0) is 68.1 Å². The van der Waals surface area contributed by atoms with Gasteiger partial charge >= 0.3 is 0 Å². The van der Waals surface area contributed by atoms with E-state index in [1.807, 2.05) is 6.07 Å². The maximum atomic E-state index is 12.6. The lowest BCUT2D eigenvalue weighted by molar-refractivity contribution is -0.113. The van der Waals surface area contributed by atoms with E-state index < -0.39 is 0 Å².